The topological polar surface area (TPSA) is 317 Å². The Hall–Kier alpha value is -1.71. The van der Waals surface area contributed by atoms with Crippen LogP contribution in [0.25, 0.3) is 11.2 Å². The van der Waals surface area contributed by atoms with Crippen molar-refractivity contribution in [1.82, 2.24) is 24.6 Å². The molecule has 11 N–H and O–H groups in total. The molecule has 4 heterocycles. The molecule has 212 valence electrons. The lowest BCUT2D eigenvalue weighted by molar-refractivity contribution is -0.170. The quantitative estimate of drug-likeness (QED) is 0.120. The number of imidazole rings is 1. The minimum atomic E-state index is -5.07. The molecule has 0 bridgehead atoms. The van der Waals surface area contributed by atoms with Gasteiger partial charge in [0.05, 0.1) is 12.9 Å². The molecule has 0 amide bonds. The molecule has 2 aliphatic heterocycles. The Morgan fingerprint density at radius 3 is 2.24 bits per heavy atom. The molecule has 0 aliphatic carbocycles. The monoisotopic (exact) mass is 578 g/mol. The first-order chi connectivity index (χ1) is 17.2. The zero-order chi connectivity index (χ0) is 28.0. The summed E-state index contributed by atoms with van der Waals surface area (Å²) in [5, 5.41) is 54.9. The number of phosphoric acid groups is 2. The molecule has 2 saturated heterocycles. The molecule has 22 heteroatoms. The number of fused-ring (bicyclic) bond motifs is 1. The van der Waals surface area contributed by atoms with Crippen LogP contribution in [-0.2, 0) is 22.7 Å². The van der Waals surface area contributed by atoms with Gasteiger partial charge in [0.1, 0.15) is 36.4 Å². The third kappa shape index (κ3) is 8.93. The van der Waals surface area contributed by atoms with Crippen LogP contribution < -0.4 is 5.73 Å². The Morgan fingerprint density at radius 2 is 1.78 bits per heavy atom. The lowest BCUT2D eigenvalue weighted by Gasteiger charge is -2.16. The van der Waals surface area contributed by atoms with Crippen LogP contribution >= 0.6 is 15.6 Å². The van der Waals surface area contributed by atoms with Gasteiger partial charge in [0.15, 0.2) is 24.5 Å². The number of aliphatic hydroxyl groups excluding tert-OH is 5. The SMILES string of the molecule is Nc1ncnc2c1ncn2[C@@H]1O[C@H](CO)[C@@H](O)[C@H]1O.O=P(O)(O)OP(=O)(O)OCO.OC1CCCN1O. The van der Waals surface area contributed by atoms with Crippen molar-refractivity contribution >= 4 is 32.6 Å². The molecule has 2 aromatic heterocycles. The van der Waals surface area contributed by atoms with Crippen LogP contribution in [0.4, 0.5) is 5.82 Å². The Bertz CT molecular complexity index is 1090. The summed E-state index contributed by atoms with van der Waals surface area (Å²) >= 11 is 0. The van der Waals surface area contributed by atoms with Gasteiger partial charge < -0.3 is 55.9 Å². The standard InChI is InChI=1S/C10H13N5O4.C4H9NO2.CH6O8P2/c11-8-5-9(13-2-12-8)15(3-14-5)10-7(18)6(17)4(1-16)19-10;6-4-2-1-3-5(4)7;2-1-8-11(6,7)9-10(3,4)5/h2-4,6-7,10,16-18H,1H2,(H2,11,12,13);4,6-7H,1-3H2;2H,1H2,(H,6,7)(H2,3,4,5)/t4-,6-,7-,10-;;/m1../s1. The third-order valence-electron chi connectivity index (χ3n) is 4.80. The lowest BCUT2D eigenvalue weighted by atomic mass is 10.1. The number of nitrogen functional groups attached to an aromatic ring is 1. The highest BCUT2D eigenvalue weighted by Gasteiger charge is 2.44. The number of phosphoric ester groups is 1. The van der Waals surface area contributed by atoms with Gasteiger partial charge in [-0.1, -0.05) is 0 Å². The zero-order valence-electron chi connectivity index (χ0n) is 18.9. The Kier molecular flexibility index (Phi) is 11.4. The van der Waals surface area contributed by atoms with Crippen molar-refractivity contribution in [3.8, 4) is 0 Å². The number of anilines is 1. The Balaban J connectivity index is 0.000000226. The molecular weight excluding hydrogens is 550 g/mol. The summed E-state index contributed by atoms with van der Waals surface area (Å²) in [6.45, 7) is -0.951. The molecule has 37 heavy (non-hydrogen) atoms. The molecule has 2 fully saturated rings. The molecular formula is C15H28N6O14P2. The van der Waals surface area contributed by atoms with Gasteiger partial charge in [-0.05, 0) is 12.8 Å². The van der Waals surface area contributed by atoms with E-state index in [1.807, 2.05) is 0 Å². The van der Waals surface area contributed by atoms with E-state index >= 15 is 0 Å². The smallest absolute Gasteiger partial charge is 0.394 e. The highest BCUT2D eigenvalue weighted by molar-refractivity contribution is 7.60. The van der Waals surface area contributed by atoms with Crippen LogP contribution in [-0.4, -0.2) is 114 Å². The van der Waals surface area contributed by atoms with E-state index in [0.29, 0.717) is 24.1 Å². The maximum Gasteiger partial charge on any atom is 0.483 e. The number of nitrogens with zero attached hydrogens (tertiary/aromatic N) is 5. The fourth-order valence-corrected chi connectivity index (χ4v) is 4.54. The number of aliphatic hydroxyl groups is 5. The molecule has 6 atom stereocenters. The lowest BCUT2D eigenvalue weighted by Crippen LogP contribution is -2.33. The van der Waals surface area contributed by atoms with E-state index < -0.39 is 59.8 Å². The second-order valence-corrected chi connectivity index (χ2v) is 10.2. The summed E-state index contributed by atoms with van der Waals surface area (Å²) in [6, 6.07) is 0. The van der Waals surface area contributed by atoms with Gasteiger partial charge in [0, 0.05) is 6.54 Å². The van der Waals surface area contributed by atoms with Crippen LogP contribution in [0.2, 0.25) is 0 Å². The van der Waals surface area contributed by atoms with Gasteiger partial charge in [-0.15, -0.1) is 0 Å². The van der Waals surface area contributed by atoms with Gasteiger partial charge in [0.25, 0.3) is 0 Å². The van der Waals surface area contributed by atoms with Crippen molar-refractivity contribution in [3.63, 3.8) is 0 Å². The van der Waals surface area contributed by atoms with Crippen LogP contribution in [0.1, 0.15) is 19.1 Å². The molecule has 0 spiro atoms. The summed E-state index contributed by atoms with van der Waals surface area (Å²) in [5.41, 5.74) is 6.44. The maximum absolute atomic E-state index is 10.3. The molecule has 20 nitrogen and oxygen atoms in total. The molecule has 2 aliphatic rings. The molecule has 2 aromatic rings. The number of hydrogen-bond acceptors (Lipinski definition) is 16. The van der Waals surface area contributed by atoms with E-state index in [1.54, 1.807) is 0 Å². The fourth-order valence-electron chi connectivity index (χ4n) is 3.13. The number of hydroxylamine groups is 2. The van der Waals surface area contributed by atoms with Gasteiger partial charge in [0.2, 0.25) is 0 Å². The van der Waals surface area contributed by atoms with E-state index in [1.165, 1.54) is 17.2 Å². The first-order valence-electron chi connectivity index (χ1n) is 10.2. The van der Waals surface area contributed by atoms with Crippen molar-refractivity contribution in [2.24, 2.45) is 0 Å². The number of ether oxygens (including phenoxy) is 1. The van der Waals surface area contributed by atoms with Crippen LogP contribution in [0.3, 0.4) is 0 Å². The molecule has 0 aromatic carbocycles. The maximum atomic E-state index is 10.3. The van der Waals surface area contributed by atoms with Crippen LogP contribution in [0.15, 0.2) is 12.7 Å². The van der Waals surface area contributed by atoms with E-state index in [2.05, 4.69) is 23.8 Å². The van der Waals surface area contributed by atoms with Gasteiger partial charge in [-0.3, -0.25) is 9.09 Å². The highest BCUT2D eigenvalue weighted by Crippen LogP contribution is 2.57. The Morgan fingerprint density at radius 1 is 1.11 bits per heavy atom. The van der Waals surface area contributed by atoms with Crippen LogP contribution in [0, 0.1) is 0 Å². The van der Waals surface area contributed by atoms with Crippen molar-refractivity contribution in [2.75, 3.05) is 25.7 Å². The molecule has 2 unspecified atom stereocenters. The summed E-state index contributed by atoms with van der Waals surface area (Å²) in [7, 11) is -9.89. The van der Waals surface area contributed by atoms with Crippen LogP contribution in [0.5, 0.6) is 0 Å². The number of hydrogen-bond donors (Lipinski definition) is 10. The summed E-state index contributed by atoms with van der Waals surface area (Å²) in [5.74, 6) is 0.218. The number of nitrogens with two attached hydrogens (primary N) is 1. The fraction of sp³-hybridized carbons (Fsp3) is 0.667. The van der Waals surface area contributed by atoms with Crippen molar-refractivity contribution in [1.29, 1.82) is 0 Å². The first kappa shape index (κ1) is 31.5. The number of aromatic nitrogens is 4. The van der Waals surface area contributed by atoms with E-state index in [9.17, 15) is 19.3 Å². The minimum absolute atomic E-state index is 0.218. The molecule has 0 saturated carbocycles. The van der Waals surface area contributed by atoms with Gasteiger partial charge in [-0.25, -0.2) is 24.1 Å². The average molecular weight is 578 g/mol. The normalized spacial score (nSPS) is 27.8. The first-order valence-corrected chi connectivity index (χ1v) is 13.3. The molecule has 0 radical (unpaired) electrons. The van der Waals surface area contributed by atoms with E-state index in [4.69, 9.17) is 45.7 Å². The highest BCUT2D eigenvalue weighted by atomic mass is 31.3. The average Bonchev–Trinajstić information content (AvgIpc) is 3.46. The minimum Gasteiger partial charge on any atom is -0.394 e. The van der Waals surface area contributed by atoms with Crippen molar-refractivity contribution in [2.45, 2.75) is 43.6 Å². The predicted octanol–water partition coefficient (Wildman–Crippen LogP) is -3.03. The number of rotatable bonds is 6. The molecule has 4 rings (SSSR count). The second kappa shape index (κ2) is 13.4. The van der Waals surface area contributed by atoms with Crippen molar-refractivity contribution in [3.05, 3.63) is 12.7 Å². The summed E-state index contributed by atoms with van der Waals surface area (Å²) < 4.78 is 33.9. The third-order valence-corrected chi connectivity index (χ3v) is 6.92. The second-order valence-electron chi connectivity index (χ2n) is 7.40. The summed E-state index contributed by atoms with van der Waals surface area (Å²) in [6.07, 6.45) is -0.415. The largest absolute Gasteiger partial charge is 0.483 e. The van der Waals surface area contributed by atoms with E-state index in [-0.39, 0.29) is 5.82 Å². The van der Waals surface area contributed by atoms with Gasteiger partial charge in [-0.2, -0.15) is 9.37 Å². The van der Waals surface area contributed by atoms with Gasteiger partial charge >= 0.3 is 15.6 Å². The van der Waals surface area contributed by atoms with Crippen molar-refractivity contribution < 1.29 is 68.1 Å². The van der Waals surface area contributed by atoms with E-state index in [0.717, 1.165) is 11.5 Å². The zero-order valence-corrected chi connectivity index (χ0v) is 20.6. The summed E-state index contributed by atoms with van der Waals surface area (Å²) in [4.78, 5) is 36.2. The predicted molar refractivity (Wildman–Crippen MR) is 118 cm³/mol. The Labute approximate surface area is 207 Å².